The highest BCUT2D eigenvalue weighted by molar-refractivity contribution is 6.11. The molecule has 2 heteroatoms. The Hall–Kier alpha value is -6.38. The zero-order valence-corrected chi connectivity index (χ0v) is 25.0. The van der Waals surface area contributed by atoms with Crippen molar-refractivity contribution in [3.63, 3.8) is 0 Å². The molecule has 0 atom stereocenters. The van der Waals surface area contributed by atoms with Crippen molar-refractivity contribution >= 4 is 51.1 Å². The molecule has 0 aliphatic rings. The van der Waals surface area contributed by atoms with E-state index >= 15 is 0 Å². The summed E-state index contributed by atoms with van der Waals surface area (Å²) >= 11 is 0. The lowest BCUT2D eigenvalue weighted by molar-refractivity contribution is 0.668. The SMILES string of the molecule is [2H]C=C([2H])c1c(-c2c([2H])c([2H])c(C)c([2H])c2[2H])c([2H])c2c(oc3c([2H])c(N(c4c([2H])c([2H])c(-c5c([2H])c([2H])c([2H])c([2H])c5[2H])c([2H])c4[2H])c4c([2H])c([2H])c(-c5c([2H])c([2H])c([2H])c([2H])c5[2H])c([2H])c4[2H])c([2H])c([2H])c32)c1C([2H])=C[2H]. The van der Waals surface area contributed by atoms with Crippen LogP contribution in [0.3, 0.4) is 0 Å². The summed E-state index contributed by atoms with van der Waals surface area (Å²) in [6.45, 7) is 2.15. The number of hydrogen-bond donors (Lipinski definition) is 0. The maximum absolute atomic E-state index is 9.83. The zero-order chi connectivity index (χ0) is 59.1. The van der Waals surface area contributed by atoms with Gasteiger partial charge in [-0.15, -0.1) is 0 Å². The molecule has 0 saturated carbocycles. The summed E-state index contributed by atoms with van der Waals surface area (Å²) in [6, 6.07) is -27.8. The van der Waals surface area contributed by atoms with Crippen molar-refractivity contribution in [2.45, 2.75) is 6.92 Å². The van der Waals surface area contributed by atoms with Crippen molar-refractivity contribution in [2.24, 2.45) is 0 Å². The highest BCUT2D eigenvalue weighted by atomic mass is 16.3. The van der Waals surface area contributed by atoms with Gasteiger partial charge in [-0.3, -0.25) is 0 Å². The molecule has 1 heterocycles. The van der Waals surface area contributed by atoms with Crippen LogP contribution in [0, 0.1) is 6.92 Å². The predicted molar refractivity (Wildman–Crippen MR) is 210 cm³/mol. The molecule has 2 nitrogen and oxygen atoms in total. The average Bonchev–Trinajstić information content (AvgIpc) is 3.47. The third-order valence-corrected chi connectivity index (χ3v) is 7.11. The fourth-order valence-electron chi connectivity index (χ4n) is 4.87. The van der Waals surface area contributed by atoms with Crippen LogP contribution in [0.2, 0.25) is 0 Å². The van der Waals surface area contributed by atoms with Crippen molar-refractivity contribution in [1.82, 2.24) is 0 Å². The molecule has 0 aliphatic carbocycles. The molecule has 49 heavy (non-hydrogen) atoms. The minimum Gasteiger partial charge on any atom is -0.455 e. The van der Waals surface area contributed by atoms with Gasteiger partial charge in [-0.05, 0) is 88.2 Å². The Balaban J connectivity index is 1.62. The second kappa shape index (κ2) is 12.7. The average molecular weight is 660 g/mol. The number of nitrogens with zero attached hydrogens (tertiary/aromatic N) is 1. The quantitative estimate of drug-likeness (QED) is 0.161. The molecule has 0 spiro atoms. The summed E-state index contributed by atoms with van der Waals surface area (Å²) in [5.74, 6) is 0. The van der Waals surface area contributed by atoms with E-state index in [2.05, 4.69) is 0 Å². The molecule has 0 fully saturated rings. The van der Waals surface area contributed by atoms with Gasteiger partial charge in [0.25, 0.3) is 0 Å². The van der Waals surface area contributed by atoms with E-state index in [1.165, 1.54) is 6.92 Å². The third kappa shape index (κ3) is 5.54. The van der Waals surface area contributed by atoms with Gasteiger partial charge in [0, 0.05) is 39.4 Å². The Morgan fingerprint density at radius 2 is 1.06 bits per heavy atom. The summed E-state index contributed by atoms with van der Waals surface area (Å²) in [5, 5.41) is -1.27. The van der Waals surface area contributed by atoms with Crippen LogP contribution in [0.4, 0.5) is 17.1 Å². The number of hydrogen-bond acceptors (Lipinski definition) is 2. The topological polar surface area (TPSA) is 16.4 Å². The van der Waals surface area contributed by atoms with Crippen LogP contribution in [-0.4, -0.2) is 0 Å². The van der Waals surface area contributed by atoms with Crippen LogP contribution in [-0.2, 0) is 0 Å². The minimum atomic E-state index is -1.25. The van der Waals surface area contributed by atoms with Gasteiger partial charge in [0.15, 0.2) is 0 Å². The predicted octanol–water partition coefficient (Wildman–Crippen LogP) is 13.7. The lowest BCUT2D eigenvalue weighted by Crippen LogP contribution is -2.09. The van der Waals surface area contributed by atoms with Crippen molar-refractivity contribution in [2.75, 3.05) is 4.90 Å². The second-order valence-corrected chi connectivity index (χ2v) is 10.1. The molecule has 7 aromatic carbocycles. The Labute approximate surface area is 329 Å². The monoisotopic (exact) mass is 659 g/mol. The van der Waals surface area contributed by atoms with Crippen molar-refractivity contribution in [1.29, 1.82) is 0 Å². The van der Waals surface area contributed by atoms with Gasteiger partial charge in [-0.2, -0.15) is 0 Å². The van der Waals surface area contributed by atoms with Crippen LogP contribution in [0.1, 0.15) is 57.8 Å². The number of rotatable bonds is 8. The molecule has 1 aromatic heterocycles. The summed E-state index contributed by atoms with van der Waals surface area (Å²) in [7, 11) is 0. The Morgan fingerprint density at radius 3 is 1.63 bits per heavy atom. The van der Waals surface area contributed by atoms with Crippen LogP contribution in [0.5, 0.6) is 0 Å². The van der Waals surface area contributed by atoms with E-state index in [0.717, 1.165) is 0 Å². The smallest absolute Gasteiger partial charge is 0.143 e. The molecular weight excluding hydrogens is 595 g/mol. The first-order valence-electron chi connectivity index (χ1n) is 29.3. The molecule has 0 unspecified atom stereocenters. The molecule has 0 aliphatic heterocycles. The second-order valence-electron chi connectivity index (χ2n) is 10.1. The zero-order valence-electron chi connectivity index (χ0n) is 55.0. The minimum absolute atomic E-state index is 0.129. The fourth-order valence-corrected chi connectivity index (χ4v) is 4.87. The lowest BCUT2D eigenvalue weighted by Gasteiger charge is -2.26. The van der Waals surface area contributed by atoms with Crippen LogP contribution in [0.15, 0.2) is 175 Å². The molecule has 0 bridgehead atoms. The molecular formula is C47H35NO. The van der Waals surface area contributed by atoms with Crippen LogP contribution >= 0.6 is 0 Å². The first-order valence-corrected chi connectivity index (χ1v) is 14.2. The number of furan rings is 1. The third-order valence-electron chi connectivity index (χ3n) is 7.11. The Kier molecular flexibility index (Phi) is 3.01. The van der Waals surface area contributed by atoms with E-state index in [4.69, 9.17) is 29.1 Å². The number of benzene rings is 7. The number of anilines is 3. The molecule has 0 amide bonds. The van der Waals surface area contributed by atoms with Crippen molar-refractivity contribution in [3.05, 3.63) is 187 Å². The van der Waals surface area contributed by atoms with Crippen molar-refractivity contribution < 1.29 is 45.5 Å². The standard InChI is InChI=1S/C47H35NO/c1-4-41-42(5-2)47-45(31-44(41)37-18-16-32(3)17-19-37)43-29-28-40(30-46(43)49-47)48(38-24-20-35(21-25-38)33-12-8-6-9-13-33)39-26-22-36(23-27-39)34-14-10-7-11-15-34/h4-31H,1-2H2,3H3/i1D,2D,4D,5D,6D,7D,8D,9D,10D,11D,12D,13D,14D,15D,16D,17D,18D,19D,20D,21D,22D,23D,24D,25D,26D,27D,28D,29D,30D,31D. The van der Waals surface area contributed by atoms with Gasteiger partial charge in [0.2, 0.25) is 0 Å². The van der Waals surface area contributed by atoms with E-state index in [1.54, 1.807) is 0 Å². The molecule has 8 aromatic rings. The van der Waals surface area contributed by atoms with Gasteiger partial charge in [-0.1, -0.05) is 140 Å². The largest absolute Gasteiger partial charge is 0.455 e. The first kappa shape index (κ1) is 11.6. The molecule has 0 radical (unpaired) electrons. The van der Waals surface area contributed by atoms with E-state index < -0.39 is 253 Å². The van der Waals surface area contributed by atoms with E-state index in [9.17, 15) is 16.4 Å². The van der Waals surface area contributed by atoms with Gasteiger partial charge in [0.05, 0.1) is 41.1 Å². The van der Waals surface area contributed by atoms with Crippen LogP contribution in [0.25, 0.3) is 67.4 Å². The maximum atomic E-state index is 9.83. The summed E-state index contributed by atoms with van der Waals surface area (Å²) in [6.07, 6.45) is 0. The summed E-state index contributed by atoms with van der Waals surface area (Å²) in [4.78, 5) is 0.342. The Bertz CT molecular complexity index is 3880. The van der Waals surface area contributed by atoms with E-state index in [0.29, 0.717) is 18.0 Å². The molecule has 8 rings (SSSR count). The molecule has 0 N–H and O–H groups in total. The molecule has 234 valence electrons. The fraction of sp³-hybridized carbons (Fsp3) is 0.0213. The lowest BCUT2D eigenvalue weighted by atomic mass is 9.92. The summed E-state index contributed by atoms with van der Waals surface area (Å²) in [5.41, 5.74) is -11.0. The Morgan fingerprint density at radius 1 is 0.551 bits per heavy atom. The first-order chi connectivity index (χ1) is 36.8. The van der Waals surface area contributed by atoms with E-state index in [-0.39, 0.29) is 5.56 Å². The number of fused-ring (bicyclic) bond motifs is 3. The van der Waals surface area contributed by atoms with E-state index in [1.807, 2.05) is 0 Å². The van der Waals surface area contributed by atoms with Gasteiger partial charge >= 0.3 is 0 Å². The molecule has 0 saturated heterocycles. The normalized spacial score (nSPS) is 20.6. The van der Waals surface area contributed by atoms with Gasteiger partial charge in [0.1, 0.15) is 11.2 Å². The van der Waals surface area contributed by atoms with Crippen molar-refractivity contribution in [3.8, 4) is 33.4 Å². The maximum Gasteiger partial charge on any atom is 0.143 e. The van der Waals surface area contributed by atoms with Crippen LogP contribution < -0.4 is 4.90 Å². The highest BCUT2D eigenvalue weighted by Crippen LogP contribution is 2.43. The van der Waals surface area contributed by atoms with Gasteiger partial charge < -0.3 is 9.32 Å². The van der Waals surface area contributed by atoms with Gasteiger partial charge in [-0.25, -0.2) is 0 Å². The highest BCUT2D eigenvalue weighted by Gasteiger charge is 2.20. The summed E-state index contributed by atoms with van der Waals surface area (Å²) < 4.78 is 272.